The van der Waals surface area contributed by atoms with Crippen molar-refractivity contribution in [3.05, 3.63) is 112 Å². The quantitative estimate of drug-likeness (QED) is 0.0888. The van der Waals surface area contributed by atoms with Crippen molar-refractivity contribution in [3.8, 4) is 17.1 Å². The van der Waals surface area contributed by atoms with E-state index in [0.717, 1.165) is 17.7 Å². The van der Waals surface area contributed by atoms with E-state index in [2.05, 4.69) is 14.5 Å². The molecule has 3 aromatic carbocycles. The first-order valence-electron chi connectivity index (χ1n) is 14.1. The van der Waals surface area contributed by atoms with Gasteiger partial charge >= 0.3 is 13.8 Å². The van der Waals surface area contributed by atoms with Gasteiger partial charge in [-0.05, 0) is 60.5 Å². The molecule has 0 aliphatic carbocycles. The number of phosphoric ester groups is 1. The largest absolute Gasteiger partial charge is 0.473 e. The van der Waals surface area contributed by atoms with Gasteiger partial charge in [-0.1, -0.05) is 18.2 Å². The third-order valence-corrected chi connectivity index (χ3v) is 7.50. The predicted molar refractivity (Wildman–Crippen MR) is 163 cm³/mol. The molecule has 5 aromatic rings. The third kappa shape index (κ3) is 8.42. The topological polar surface area (TPSA) is 142 Å². The van der Waals surface area contributed by atoms with Gasteiger partial charge in [0, 0.05) is 37.3 Å². The van der Waals surface area contributed by atoms with E-state index < -0.39 is 38.0 Å². The minimum absolute atomic E-state index is 0.0108. The molecule has 246 valence electrons. The van der Waals surface area contributed by atoms with Gasteiger partial charge in [-0.2, -0.15) is 0 Å². The van der Waals surface area contributed by atoms with Crippen LogP contribution in [0, 0.1) is 24.4 Å². The van der Waals surface area contributed by atoms with Crippen LogP contribution in [0.25, 0.3) is 22.3 Å². The van der Waals surface area contributed by atoms with Crippen molar-refractivity contribution in [3.63, 3.8) is 0 Å². The van der Waals surface area contributed by atoms with E-state index in [-0.39, 0.29) is 54.4 Å². The highest BCUT2D eigenvalue weighted by atomic mass is 31.2. The molecule has 2 N–H and O–H groups in total. The number of pyridine rings is 1. The normalized spacial score (nSPS) is 11.6. The summed E-state index contributed by atoms with van der Waals surface area (Å²) in [7, 11) is -3.34. The smallest absolute Gasteiger partial charge is 0.472 e. The van der Waals surface area contributed by atoms with Gasteiger partial charge in [-0.3, -0.25) is 0 Å². The molecule has 0 radical (unpaired) electrons. The lowest BCUT2D eigenvalue weighted by atomic mass is 10.0. The van der Waals surface area contributed by atoms with Gasteiger partial charge in [0.2, 0.25) is 12.7 Å². The van der Waals surface area contributed by atoms with E-state index >= 15 is 8.78 Å². The highest BCUT2D eigenvalue weighted by Crippen LogP contribution is 2.35. The number of halogens is 3. The summed E-state index contributed by atoms with van der Waals surface area (Å²) in [6, 6.07) is 15.8. The van der Waals surface area contributed by atoms with Crippen molar-refractivity contribution in [2.45, 2.75) is 26.5 Å². The van der Waals surface area contributed by atoms with Gasteiger partial charge in [0.15, 0.2) is 0 Å². The number of carbonyl (C=O) groups excluding carboxylic acids is 1. The van der Waals surface area contributed by atoms with E-state index in [9.17, 15) is 13.8 Å². The van der Waals surface area contributed by atoms with Gasteiger partial charge in [0.25, 0.3) is 0 Å². The molecule has 2 aromatic heterocycles. The highest BCUT2D eigenvalue weighted by molar-refractivity contribution is 7.46. The fraction of sp³-hybridized carbons (Fsp3) is 0.219. The number of fused-ring (bicyclic) bond motifs is 1. The van der Waals surface area contributed by atoms with E-state index in [4.69, 9.17) is 24.0 Å². The first-order chi connectivity index (χ1) is 22.4. The third-order valence-electron chi connectivity index (χ3n) is 7.06. The van der Waals surface area contributed by atoms with Crippen LogP contribution in [0.15, 0.2) is 66.7 Å². The minimum Gasteiger partial charge on any atom is -0.473 e. The van der Waals surface area contributed by atoms with Crippen molar-refractivity contribution in [1.29, 1.82) is 0 Å². The second kappa shape index (κ2) is 14.4. The molecule has 0 aliphatic heterocycles. The molecule has 0 aliphatic rings. The van der Waals surface area contributed by atoms with Crippen LogP contribution in [0.3, 0.4) is 0 Å². The zero-order valence-electron chi connectivity index (χ0n) is 25.2. The highest BCUT2D eigenvalue weighted by Gasteiger charge is 2.20. The Bertz CT molecular complexity index is 1980. The van der Waals surface area contributed by atoms with Crippen LogP contribution in [0.1, 0.15) is 32.9 Å². The molecular weight excluding hydrogens is 642 g/mol. The molecule has 2 heterocycles. The number of aryl methyl sites for hydroxylation is 1. The number of carbonyl (C=O) groups is 1. The lowest BCUT2D eigenvalue weighted by molar-refractivity contribution is 0.00651. The summed E-state index contributed by atoms with van der Waals surface area (Å²) in [4.78, 5) is 38.9. The van der Waals surface area contributed by atoms with Crippen LogP contribution in [-0.4, -0.2) is 50.8 Å². The summed E-state index contributed by atoms with van der Waals surface area (Å²) >= 11 is 0. The molecular formula is C32H29F3N3O8P. The second-order valence-corrected chi connectivity index (χ2v) is 11.6. The molecule has 0 bridgehead atoms. The van der Waals surface area contributed by atoms with Crippen molar-refractivity contribution >= 4 is 24.8 Å². The van der Waals surface area contributed by atoms with Gasteiger partial charge in [0.1, 0.15) is 29.9 Å². The molecule has 47 heavy (non-hydrogen) atoms. The van der Waals surface area contributed by atoms with Crippen LogP contribution in [0.2, 0.25) is 0 Å². The van der Waals surface area contributed by atoms with Gasteiger partial charge in [-0.15, -0.1) is 0 Å². The van der Waals surface area contributed by atoms with Gasteiger partial charge in [-0.25, -0.2) is 37.0 Å². The first-order valence-corrected chi connectivity index (χ1v) is 15.6. The molecule has 0 unspecified atom stereocenters. The van der Waals surface area contributed by atoms with E-state index in [0.29, 0.717) is 22.4 Å². The molecule has 5 rings (SSSR count). The number of benzene rings is 3. The Labute approximate surface area is 266 Å². The lowest BCUT2D eigenvalue weighted by Gasteiger charge is -2.12. The number of imidazole rings is 1. The number of ether oxygens (including phenoxy) is 3. The Morgan fingerprint density at radius 1 is 0.936 bits per heavy atom. The Morgan fingerprint density at radius 2 is 1.72 bits per heavy atom. The summed E-state index contributed by atoms with van der Waals surface area (Å²) in [6.07, 6.45) is -0.115. The maximum atomic E-state index is 15.5. The summed E-state index contributed by atoms with van der Waals surface area (Å²) in [6.45, 7) is 1.20. The van der Waals surface area contributed by atoms with Gasteiger partial charge < -0.3 is 28.6 Å². The lowest BCUT2D eigenvalue weighted by Crippen LogP contribution is -2.11. The van der Waals surface area contributed by atoms with Crippen LogP contribution in [0.4, 0.5) is 13.2 Å². The molecule has 0 spiro atoms. The monoisotopic (exact) mass is 671 g/mol. The van der Waals surface area contributed by atoms with Crippen LogP contribution in [-0.2, 0) is 38.1 Å². The Balaban J connectivity index is 1.37. The van der Waals surface area contributed by atoms with E-state index in [1.165, 1.54) is 43.5 Å². The number of methoxy groups -OCH3 is 1. The van der Waals surface area contributed by atoms with Crippen molar-refractivity contribution < 1.29 is 51.1 Å². The Kier molecular flexibility index (Phi) is 10.4. The Hall–Kier alpha value is -4.59. The van der Waals surface area contributed by atoms with E-state index in [1.807, 2.05) is 0 Å². The van der Waals surface area contributed by atoms with Crippen LogP contribution in [0.5, 0.6) is 5.88 Å². The Morgan fingerprint density at radius 3 is 2.47 bits per heavy atom. The molecule has 0 saturated carbocycles. The minimum atomic E-state index is -4.83. The average Bonchev–Trinajstić information content (AvgIpc) is 3.36. The van der Waals surface area contributed by atoms with Crippen molar-refractivity contribution in [2.75, 3.05) is 20.5 Å². The number of nitrogens with zero attached hydrogens (tertiary/aromatic N) is 3. The predicted octanol–water partition coefficient (Wildman–Crippen LogP) is 5.86. The molecule has 0 amide bonds. The van der Waals surface area contributed by atoms with Crippen LogP contribution < -0.4 is 4.74 Å². The van der Waals surface area contributed by atoms with Gasteiger partial charge in [0.05, 0.1) is 28.9 Å². The fourth-order valence-corrected chi connectivity index (χ4v) is 4.94. The second-order valence-electron chi connectivity index (χ2n) is 10.4. The maximum absolute atomic E-state index is 15.5. The fourth-order valence-electron chi connectivity index (χ4n) is 4.75. The van der Waals surface area contributed by atoms with E-state index in [1.54, 1.807) is 29.7 Å². The first kappa shape index (κ1) is 33.8. The number of hydrogen-bond acceptors (Lipinski definition) is 8. The molecule has 0 saturated heterocycles. The summed E-state index contributed by atoms with van der Waals surface area (Å²) in [5, 5.41) is 0. The number of phosphoric acid groups is 1. The zero-order valence-corrected chi connectivity index (χ0v) is 26.0. The molecule has 11 nitrogen and oxygen atoms in total. The SMILES string of the molecule is COCCn1c(Cc2cc(F)c(-c3cccc(OCc4ccc(C)cc4F)n3)cc2F)nc2ccc(C(=O)OCOP(=O)(O)O)cc21. The summed E-state index contributed by atoms with van der Waals surface area (Å²) < 4.78 is 77.5. The number of hydrogen-bond donors (Lipinski definition) is 2. The van der Waals surface area contributed by atoms with Crippen molar-refractivity contribution in [2.24, 2.45) is 0 Å². The van der Waals surface area contributed by atoms with Crippen molar-refractivity contribution in [1.82, 2.24) is 14.5 Å². The molecule has 0 atom stereocenters. The number of rotatable bonds is 13. The number of aromatic nitrogens is 3. The van der Waals surface area contributed by atoms with Crippen LogP contribution >= 0.6 is 7.82 Å². The summed E-state index contributed by atoms with van der Waals surface area (Å²) in [5.41, 5.74) is 2.07. The molecule has 0 fully saturated rings. The maximum Gasteiger partial charge on any atom is 0.472 e. The zero-order chi connectivity index (χ0) is 33.7. The average molecular weight is 672 g/mol. The standard InChI is InChI=1S/C32H29F3N3O8P/c1-19-6-7-21(24(33)12-19)17-44-31-5-3-4-27(37-31)23-16-25(34)22(13-26(23)35)15-30-36-28-9-8-20(14-29(28)38(30)10-11-43-2)32(39)45-18-46-47(40,41)42/h3-9,12-14,16H,10-11,15,17-18H2,1-2H3,(H2,40,41,42). The number of esters is 1. The summed E-state index contributed by atoms with van der Waals surface area (Å²) in [5.74, 6) is -2.31. The molecule has 15 heteroatoms.